The van der Waals surface area contributed by atoms with Gasteiger partial charge >= 0.3 is 41.2 Å². The van der Waals surface area contributed by atoms with Crippen LogP contribution in [0.5, 0.6) is 5.75 Å². The first kappa shape index (κ1) is 44.0. The van der Waals surface area contributed by atoms with E-state index >= 15 is 0 Å². The third-order valence-corrected chi connectivity index (χ3v) is 11.0. The molecule has 6 atom stereocenters. The molecular weight excluding hydrogens is 829 g/mol. The van der Waals surface area contributed by atoms with E-state index in [9.17, 15) is 58.5 Å². The number of aromatic carboxylic acids is 1. The fourth-order valence-electron chi connectivity index (χ4n) is 5.72. The first-order valence-corrected chi connectivity index (χ1v) is 19.3. The number of phosphoric ester groups is 2. The van der Waals surface area contributed by atoms with Gasteiger partial charge in [0.05, 0.1) is 18.8 Å². The number of nitrogens with zero attached hydrogens (tertiary/aromatic N) is 1. The molecule has 3 aromatic rings. The maximum absolute atomic E-state index is 12.5. The van der Waals surface area contributed by atoms with E-state index in [2.05, 4.69) is 24.0 Å². The van der Waals surface area contributed by atoms with Crippen molar-refractivity contribution in [2.45, 2.75) is 24.5 Å². The van der Waals surface area contributed by atoms with Gasteiger partial charge < -0.3 is 59.0 Å². The number of ether oxygens (including phenoxy) is 1. The largest absolute Gasteiger partial charge is 1.00 e. The van der Waals surface area contributed by atoms with Crippen molar-refractivity contribution in [2.75, 3.05) is 25.1 Å². The van der Waals surface area contributed by atoms with Gasteiger partial charge in [-0.25, -0.2) is 13.9 Å². The molecule has 0 amide bonds. The van der Waals surface area contributed by atoms with Crippen LogP contribution in [0.15, 0.2) is 85.7 Å². The van der Waals surface area contributed by atoms with Gasteiger partial charge in [0.15, 0.2) is 16.8 Å². The molecule has 0 radical (unpaired) electrons. The summed E-state index contributed by atoms with van der Waals surface area (Å²) in [6, 6.07) is 13.5. The standard InChI is InChI=1S/C32H30N4O17P2S.Na/c37-16-2-5-19-22(12-16)51-23-13-17(38)3-6-20(23)26(19)18-4-1-15(11-21(18)30(42)43)34-31(56)33-8-10-49-54(45,46)53-55(47,48)50-14-24-27(40)28(41)29(52-24)36-9-7-25(39)35-32(36)44;/h1-7,9,11-13,24,27-29,37,40-41H,8,10,14H2,(H,42,43)(H,45,46)(H,47,48)(H2,33,34,56)(H,35,39,44);/q;+1/p-2. The number of anilines is 1. The quantitative estimate of drug-likeness (QED) is 0.0210. The van der Waals surface area contributed by atoms with Crippen molar-refractivity contribution in [3.05, 3.63) is 103 Å². The predicted molar refractivity (Wildman–Crippen MR) is 193 cm³/mol. The summed E-state index contributed by atoms with van der Waals surface area (Å²) in [6.07, 6.45) is -5.77. The average molecular weight is 858 g/mol. The van der Waals surface area contributed by atoms with Gasteiger partial charge in [0.25, 0.3) is 21.2 Å². The van der Waals surface area contributed by atoms with Crippen LogP contribution in [-0.4, -0.2) is 79.1 Å². The van der Waals surface area contributed by atoms with Gasteiger partial charge in [-0.1, -0.05) is 6.07 Å². The van der Waals surface area contributed by atoms with Crippen LogP contribution in [-0.2, 0) is 27.2 Å². The predicted octanol–water partition coefficient (Wildman–Crippen LogP) is -2.58. The zero-order chi connectivity index (χ0) is 40.5. The van der Waals surface area contributed by atoms with Crippen LogP contribution < -0.4 is 66.7 Å². The molecule has 7 N–H and O–H groups in total. The SMILES string of the molecule is O=C(O)c1cc(NC(=S)NCCOP(=O)([O-])OP(=O)([O-])OCC2OC(n3ccc(=O)[nH]c3=O)C(O)C2O)ccc1-c1c2ccc(=O)cc-2oc2cc(O)ccc12.[Na+]. The van der Waals surface area contributed by atoms with Crippen molar-refractivity contribution in [1.82, 2.24) is 14.9 Å². The maximum atomic E-state index is 12.5. The second-order valence-corrected chi connectivity index (χ2v) is 15.3. The molecule has 25 heteroatoms. The fraction of sp³-hybridized carbons (Fsp3) is 0.219. The molecule has 3 heterocycles. The number of carboxylic acid groups (broad SMARTS) is 1. The number of thiocarbonyl (C=S) groups is 1. The summed E-state index contributed by atoms with van der Waals surface area (Å²) < 4.78 is 49.4. The van der Waals surface area contributed by atoms with Gasteiger partial charge in [0.1, 0.15) is 35.4 Å². The molecule has 3 aliphatic rings. The summed E-state index contributed by atoms with van der Waals surface area (Å²) in [5, 5.41) is 46.3. The Balaban J connectivity index is 0.00000620. The molecule has 1 aromatic heterocycles. The van der Waals surface area contributed by atoms with E-state index < -0.39 is 70.6 Å². The molecule has 1 saturated heterocycles. The second-order valence-electron chi connectivity index (χ2n) is 11.9. The van der Waals surface area contributed by atoms with E-state index in [4.69, 9.17) is 21.4 Å². The number of carbonyl (C=O) groups is 1. The summed E-state index contributed by atoms with van der Waals surface area (Å²) in [4.78, 5) is 74.2. The number of fused-ring (bicyclic) bond motifs is 2. The number of phenols is 1. The van der Waals surface area contributed by atoms with Crippen molar-refractivity contribution in [3.8, 4) is 28.2 Å². The minimum absolute atomic E-state index is 0. The number of benzene rings is 3. The number of H-pyrrole nitrogens is 1. The summed E-state index contributed by atoms with van der Waals surface area (Å²) in [5.41, 5.74) is -0.807. The van der Waals surface area contributed by atoms with Gasteiger partial charge in [-0.2, -0.15) is 0 Å². The van der Waals surface area contributed by atoms with Crippen LogP contribution in [0.2, 0.25) is 0 Å². The number of hydrogen-bond acceptors (Lipinski definition) is 17. The Morgan fingerprint density at radius 1 is 0.965 bits per heavy atom. The Morgan fingerprint density at radius 2 is 1.68 bits per heavy atom. The Bertz CT molecular complexity index is 2580. The van der Waals surface area contributed by atoms with Crippen LogP contribution in [0.25, 0.3) is 33.4 Å². The third kappa shape index (κ3) is 10.3. The number of aliphatic hydroxyl groups excluding tert-OH is 2. The van der Waals surface area contributed by atoms with Gasteiger partial charge in [-0.15, -0.1) is 0 Å². The van der Waals surface area contributed by atoms with Crippen molar-refractivity contribution in [1.29, 1.82) is 0 Å². The van der Waals surface area contributed by atoms with Crippen LogP contribution in [0, 0.1) is 0 Å². The first-order chi connectivity index (χ1) is 26.4. The number of aliphatic hydroxyl groups is 2. The molecule has 296 valence electrons. The summed E-state index contributed by atoms with van der Waals surface area (Å²) in [5.74, 6) is -1.28. The molecule has 0 spiro atoms. The number of hydrogen-bond donors (Lipinski definition) is 7. The summed E-state index contributed by atoms with van der Waals surface area (Å²) in [6.45, 7) is -2.10. The van der Waals surface area contributed by atoms with Gasteiger partial charge in [0, 0.05) is 53.1 Å². The molecule has 2 aromatic carbocycles. The van der Waals surface area contributed by atoms with Crippen molar-refractivity contribution in [2.24, 2.45) is 0 Å². The van der Waals surface area contributed by atoms with Crippen molar-refractivity contribution < 1.29 is 96.2 Å². The van der Waals surface area contributed by atoms with E-state index in [0.29, 0.717) is 16.5 Å². The Hall–Kier alpha value is -4.09. The molecule has 0 bridgehead atoms. The third-order valence-electron chi connectivity index (χ3n) is 8.15. The number of phenolic OH excluding ortho intramolecular Hbond substituents is 1. The average Bonchev–Trinajstić information content (AvgIpc) is 3.39. The summed E-state index contributed by atoms with van der Waals surface area (Å²) in [7, 11) is -11.3. The minimum atomic E-state index is -5.68. The van der Waals surface area contributed by atoms with E-state index in [1.165, 1.54) is 48.5 Å². The molecule has 2 aliphatic heterocycles. The van der Waals surface area contributed by atoms with E-state index in [1.807, 2.05) is 4.98 Å². The zero-order valence-electron chi connectivity index (χ0n) is 29.1. The molecule has 6 rings (SSSR count). The van der Waals surface area contributed by atoms with Crippen LogP contribution in [0.4, 0.5) is 5.69 Å². The van der Waals surface area contributed by atoms with Crippen LogP contribution in [0.3, 0.4) is 0 Å². The van der Waals surface area contributed by atoms with Gasteiger partial charge in [0.2, 0.25) is 0 Å². The smallest absolute Gasteiger partial charge is 0.756 e. The number of rotatable bonds is 13. The van der Waals surface area contributed by atoms with E-state index in [1.54, 1.807) is 6.07 Å². The first-order valence-electron chi connectivity index (χ1n) is 16.0. The van der Waals surface area contributed by atoms with Crippen molar-refractivity contribution >= 4 is 55.6 Å². The zero-order valence-corrected chi connectivity index (χ0v) is 33.7. The maximum Gasteiger partial charge on any atom is 1.00 e. The fourth-order valence-corrected chi connectivity index (χ4v) is 7.94. The van der Waals surface area contributed by atoms with Gasteiger partial charge in [-0.05, 0) is 54.2 Å². The molecule has 0 saturated carbocycles. The molecule has 6 unspecified atom stereocenters. The topological polar surface area (TPSA) is 324 Å². The number of aromatic nitrogens is 2. The molecule has 57 heavy (non-hydrogen) atoms. The Kier molecular flexibility index (Phi) is 13.8. The molecule has 1 aliphatic carbocycles. The van der Waals surface area contributed by atoms with E-state index in [-0.39, 0.29) is 80.6 Å². The number of carboxylic acids is 1. The number of aromatic amines is 1. The summed E-state index contributed by atoms with van der Waals surface area (Å²) >= 11 is 5.21. The Labute approximate surface area is 346 Å². The second kappa shape index (κ2) is 17.8. The van der Waals surface area contributed by atoms with Crippen LogP contribution >= 0.6 is 27.9 Å². The van der Waals surface area contributed by atoms with Crippen molar-refractivity contribution in [3.63, 3.8) is 0 Å². The number of phosphoric acid groups is 2. The molecule has 21 nitrogen and oxygen atoms in total. The van der Waals surface area contributed by atoms with Crippen LogP contribution in [0.1, 0.15) is 16.6 Å². The number of aromatic hydroxyl groups is 1. The number of nitrogens with one attached hydrogen (secondary N) is 3. The monoisotopic (exact) mass is 857 g/mol. The minimum Gasteiger partial charge on any atom is -0.756 e. The Morgan fingerprint density at radius 3 is 2.40 bits per heavy atom. The van der Waals surface area contributed by atoms with E-state index in [0.717, 1.165) is 16.8 Å². The molecule has 1 fully saturated rings. The molecular formula is C32H28N4NaO17P2S-. The normalized spacial score (nSPS) is 20.0. The van der Waals surface area contributed by atoms with Gasteiger partial charge in [-0.3, -0.25) is 28.3 Å².